The molecular weight excluding hydrogens is 303 g/mol. The third-order valence-corrected chi connectivity index (χ3v) is 3.72. The van der Waals surface area contributed by atoms with Gasteiger partial charge in [0.2, 0.25) is 0 Å². The molecule has 2 aromatic heterocycles. The fourth-order valence-electron chi connectivity index (χ4n) is 2.62. The van der Waals surface area contributed by atoms with Crippen LogP contribution in [0.3, 0.4) is 0 Å². The minimum absolute atomic E-state index is 0.129. The number of benzene rings is 1. The van der Waals surface area contributed by atoms with E-state index < -0.39 is 6.03 Å². The maximum Gasteiger partial charge on any atom is 0.445 e. The van der Waals surface area contributed by atoms with Crippen molar-refractivity contribution in [2.75, 3.05) is 0 Å². The quantitative estimate of drug-likeness (QED) is 0.668. The van der Waals surface area contributed by atoms with Crippen molar-refractivity contribution in [2.45, 2.75) is 6.54 Å². The van der Waals surface area contributed by atoms with E-state index in [2.05, 4.69) is 15.3 Å². The summed E-state index contributed by atoms with van der Waals surface area (Å²) in [4.78, 5) is 24.7. The van der Waals surface area contributed by atoms with Crippen molar-refractivity contribution in [3.05, 3.63) is 52.2 Å². The topological polar surface area (TPSA) is 85.5 Å². The lowest BCUT2D eigenvalue weighted by molar-refractivity contribution is -0.690. The molecule has 0 bridgehead atoms. The number of hydrogen-bond acceptors (Lipinski definition) is 4. The Morgan fingerprint density at radius 2 is 1.91 bits per heavy atom. The van der Waals surface area contributed by atoms with Gasteiger partial charge >= 0.3 is 17.5 Å². The second kappa shape index (κ2) is 4.63. The van der Waals surface area contributed by atoms with Gasteiger partial charge in [-0.2, -0.15) is 9.67 Å². The summed E-state index contributed by atoms with van der Waals surface area (Å²) in [7, 11) is 1.62. The van der Waals surface area contributed by atoms with Crippen molar-refractivity contribution < 1.29 is 13.8 Å². The molecular formula is C14H10FN6O2+. The molecule has 9 heteroatoms. The van der Waals surface area contributed by atoms with Crippen LogP contribution in [0.1, 0.15) is 5.56 Å². The smallest absolute Gasteiger partial charge is 0.258 e. The zero-order chi connectivity index (χ0) is 16.1. The number of aryl methyl sites for hydroxylation is 1. The standard InChI is InChI=1S/C14H10FN6O2/c1-19-11-10(6-16-19)21-13(17-18-14(21)23)20(12(11)22)7-8-2-4-9(15)5-3-8/h2-6H,7H2,1H3/q+1. The molecule has 4 rings (SSSR count). The summed E-state index contributed by atoms with van der Waals surface area (Å²) in [5, 5.41) is 11.3. The summed E-state index contributed by atoms with van der Waals surface area (Å²) >= 11 is 0. The number of halogens is 1. The fourth-order valence-corrected chi connectivity index (χ4v) is 2.62. The molecule has 0 saturated heterocycles. The van der Waals surface area contributed by atoms with Crippen LogP contribution in [0.4, 0.5) is 15.1 Å². The average Bonchev–Trinajstić information content (AvgIpc) is 3.09. The van der Waals surface area contributed by atoms with Crippen LogP contribution in [-0.4, -0.2) is 20.4 Å². The van der Waals surface area contributed by atoms with Gasteiger partial charge in [0.15, 0.2) is 11.0 Å². The van der Waals surface area contributed by atoms with Crippen LogP contribution < -0.4 is 10.1 Å². The van der Waals surface area contributed by atoms with Gasteiger partial charge in [-0.1, -0.05) is 12.1 Å². The van der Waals surface area contributed by atoms with Crippen LogP contribution in [-0.2, 0) is 13.6 Å². The lowest BCUT2D eigenvalue weighted by atomic mass is 10.2. The highest BCUT2D eigenvalue weighted by molar-refractivity contribution is 5.91. The Bertz CT molecular complexity index is 1050. The summed E-state index contributed by atoms with van der Waals surface area (Å²) in [5.74, 6) is -0.234. The van der Waals surface area contributed by atoms with Crippen molar-refractivity contribution in [1.29, 1.82) is 0 Å². The van der Waals surface area contributed by atoms with Gasteiger partial charge < -0.3 is 0 Å². The average molecular weight is 313 g/mol. The second-order valence-corrected chi connectivity index (χ2v) is 5.14. The molecule has 1 amide bonds. The Morgan fingerprint density at radius 1 is 1.17 bits per heavy atom. The lowest BCUT2D eigenvalue weighted by Crippen LogP contribution is -2.52. The van der Waals surface area contributed by atoms with E-state index in [4.69, 9.17) is 0 Å². The van der Waals surface area contributed by atoms with Crippen LogP contribution in [0.5, 0.6) is 0 Å². The van der Waals surface area contributed by atoms with Gasteiger partial charge in [-0.25, -0.2) is 14.0 Å². The van der Waals surface area contributed by atoms with E-state index >= 15 is 0 Å². The molecule has 0 radical (unpaired) electrons. The summed E-state index contributed by atoms with van der Waals surface area (Å²) in [6.45, 7) is 0.141. The fraction of sp³-hybridized carbons (Fsp3) is 0.143. The third kappa shape index (κ3) is 1.90. The highest BCUT2D eigenvalue weighted by Crippen LogP contribution is 2.21. The molecule has 114 valence electrons. The molecule has 0 N–H and O–H groups in total. The summed E-state index contributed by atoms with van der Waals surface area (Å²) < 4.78 is 17.0. The number of rotatable bonds is 2. The van der Waals surface area contributed by atoms with Crippen LogP contribution in [0.15, 0.2) is 45.5 Å². The van der Waals surface area contributed by atoms with Crippen LogP contribution in [0.2, 0.25) is 0 Å². The van der Waals surface area contributed by atoms with Crippen LogP contribution in [0, 0.1) is 5.82 Å². The van der Waals surface area contributed by atoms with E-state index in [1.54, 1.807) is 19.2 Å². The SMILES string of the molecule is Cn1ncc2c1c(=O)[n+](Cc1ccc(F)cc1)c1n2C(=O)N=N1. The van der Waals surface area contributed by atoms with Crippen molar-refractivity contribution in [3.63, 3.8) is 0 Å². The molecule has 1 aliphatic heterocycles. The lowest BCUT2D eigenvalue weighted by Gasteiger charge is -2.04. The second-order valence-electron chi connectivity index (χ2n) is 5.14. The van der Waals surface area contributed by atoms with Crippen molar-refractivity contribution in [1.82, 2.24) is 14.3 Å². The van der Waals surface area contributed by atoms with E-state index in [1.807, 2.05) is 0 Å². The Hall–Kier alpha value is -3.23. The zero-order valence-corrected chi connectivity index (χ0v) is 12.0. The van der Waals surface area contributed by atoms with Gasteiger partial charge in [0.25, 0.3) is 0 Å². The van der Waals surface area contributed by atoms with Crippen molar-refractivity contribution in [3.8, 4) is 0 Å². The van der Waals surface area contributed by atoms with Gasteiger partial charge in [0, 0.05) is 12.2 Å². The number of fused-ring (bicyclic) bond motifs is 3. The van der Waals surface area contributed by atoms with Gasteiger partial charge in [-0.15, -0.1) is 4.57 Å². The maximum absolute atomic E-state index is 13.0. The highest BCUT2D eigenvalue weighted by Gasteiger charge is 2.35. The largest absolute Gasteiger partial charge is 0.445 e. The first kappa shape index (κ1) is 13.4. The van der Waals surface area contributed by atoms with E-state index in [0.29, 0.717) is 11.1 Å². The molecule has 23 heavy (non-hydrogen) atoms. The first-order valence-corrected chi connectivity index (χ1v) is 6.77. The number of nitrogens with zero attached hydrogens (tertiary/aromatic N) is 6. The molecule has 0 unspecified atom stereocenters. The van der Waals surface area contributed by atoms with E-state index in [-0.39, 0.29) is 29.4 Å². The first-order valence-electron chi connectivity index (χ1n) is 6.77. The summed E-state index contributed by atoms with van der Waals surface area (Å²) in [6.07, 6.45) is 1.43. The number of carbonyl (C=O) groups excluding carboxylic acids is 1. The number of amides is 1. The van der Waals surface area contributed by atoms with Crippen LogP contribution >= 0.6 is 0 Å². The molecule has 0 spiro atoms. The molecule has 8 nitrogen and oxygen atoms in total. The minimum Gasteiger partial charge on any atom is -0.258 e. The molecule has 1 aliphatic rings. The molecule has 3 aromatic rings. The maximum atomic E-state index is 13.0. The van der Waals surface area contributed by atoms with Crippen molar-refractivity contribution >= 4 is 23.0 Å². The van der Waals surface area contributed by atoms with E-state index in [9.17, 15) is 14.0 Å². The number of carbonyl (C=O) groups is 1. The Kier molecular flexibility index (Phi) is 2.71. The number of hydrogen-bond donors (Lipinski definition) is 0. The predicted molar refractivity (Wildman–Crippen MR) is 76.0 cm³/mol. The van der Waals surface area contributed by atoms with Gasteiger partial charge in [0.05, 0.1) is 11.3 Å². The first-order chi connectivity index (χ1) is 11.1. The van der Waals surface area contributed by atoms with Gasteiger partial charge in [-0.05, 0) is 17.7 Å². The third-order valence-electron chi connectivity index (χ3n) is 3.72. The zero-order valence-electron chi connectivity index (χ0n) is 12.0. The van der Waals surface area contributed by atoms with E-state index in [1.165, 1.54) is 32.1 Å². The molecule has 0 atom stereocenters. The van der Waals surface area contributed by atoms with Gasteiger partial charge in [0.1, 0.15) is 12.4 Å². The normalized spacial score (nSPS) is 13.0. The Morgan fingerprint density at radius 3 is 2.65 bits per heavy atom. The highest BCUT2D eigenvalue weighted by atomic mass is 19.1. The Labute approximate surface area is 128 Å². The van der Waals surface area contributed by atoms with E-state index in [0.717, 1.165) is 0 Å². The summed E-state index contributed by atoms with van der Waals surface area (Å²) in [6, 6.07) is 5.18. The van der Waals surface area contributed by atoms with Crippen molar-refractivity contribution in [2.24, 2.45) is 17.3 Å². The molecule has 3 heterocycles. The number of azo groups is 1. The number of aromatic nitrogens is 4. The Balaban J connectivity index is 1.99. The molecule has 0 saturated carbocycles. The monoisotopic (exact) mass is 313 g/mol. The molecule has 0 aliphatic carbocycles. The van der Waals surface area contributed by atoms with Gasteiger partial charge in [-0.3, -0.25) is 4.68 Å². The summed E-state index contributed by atoms with van der Waals surface area (Å²) in [5.41, 5.74) is 0.992. The predicted octanol–water partition coefficient (Wildman–Crippen LogP) is 1.28. The van der Waals surface area contributed by atoms with Crippen LogP contribution in [0.25, 0.3) is 11.0 Å². The minimum atomic E-state index is -0.578. The molecule has 1 aromatic carbocycles. The molecule has 0 fully saturated rings.